The third-order valence-corrected chi connectivity index (χ3v) is 24.8. The highest BCUT2D eigenvalue weighted by molar-refractivity contribution is 7.47. The Bertz CT molecular complexity index is 2170. The molecule has 0 aromatic rings. The highest BCUT2D eigenvalue weighted by Gasteiger charge is 2.31. The monoisotopic (exact) mass is 1650 g/mol. The van der Waals surface area contributed by atoms with E-state index >= 15 is 0 Å². The van der Waals surface area contributed by atoms with Crippen LogP contribution < -0.4 is 0 Å². The largest absolute Gasteiger partial charge is 0.472 e. The Kier molecular flexibility index (Phi) is 82.3. The standard InChI is InChI=1S/C94H184O17P2/c1-8-11-12-13-14-15-16-17-18-19-20-21-22-26-31-36-41-46-54-61-68-75-91(96)104-81-89(110-93(98)77-70-63-56-47-42-37-32-27-24-23-25-30-35-40-45-52-59-66-73-86(6)9-2)83-108-112(100,101)106-79-88(95)80-107-113(102,103)109-84-90(82-105-92(97)76-69-62-55-50-49-53-60-67-74-87(7)10-3)111-94(99)78-71-64-57-48-43-38-33-28-29-34-39-44-51-58-65-72-85(4)5/h85-90,95H,8-84H2,1-7H3,(H,100,101)(H,102,103)/t86?,87?,88-,89-,90-/m1/s1. The average molecular weight is 1650 g/mol. The molecule has 0 fully saturated rings. The predicted octanol–water partition coefficient (Wildman–Crippen LogP) is 29.2. The van der Waals surface area contributed by atoms with Crippen LogP contribution in [0.1, 0.15) is 504 Å². The predicted molar refractivity (Wildman–Crippen MR) is 469 cm³/mol. The van der Waals surface area contributed by atoms with Gasteiger partial charge in [0.05, 0.1) is 26.4 Å². The molecular weight excluding hydrogens is 1460 g/mol. The fraction of sp³-hybridized carbons (Fsp3) is 0.957. The van der Waals surface area contributed by atoms with E-state index < -0.39 is 97.5 Å². The summed E-state index contributed by atoms with van der Waals surface area (Å²) in [5, 5.41) is 10.7. The van der Waals surface area contributed by atoms with Gasteiger partial charge in [-0.1, -0.05) is 453 Å². The van der Waals surface area contributed by atoms with Crippen LogP contribution in [0.3, 0.4) is 0 Å². The number of hydrogen-bond acceptors (Lipinski definition) is 15. The van der Waals surface area contributed by atoms with E-state index in [1.54, 1.807) is 0 Å². The van der Waals surface area contributed by atoms with Crippen molar-refractivity contribution in [1.29, 1.82) is 0 Å². The number of phosphoric acid groups is 2. The van der Waals surface area contributed by atoms with Crippen molar-refractivity contribution < 1.29 is 80.2 Å². The summed E-state index contributed by atoms with van der Waals surface area (Å²) < 4.78 is 69.2. The molecular formula is C94H184O17P2. The van der Waals surface area contributed by atoms with E-state index in [-0.39, 0.29) is 25.7 Å². The number of ether oxygens (including phenoxy) is 4. The summed E-state index contributed by atoms with van der Waals surface area (Å²) in [6.07, 6.45) is 77.8. The van der Waals surface area contributed by atoms with Crippen LogP contribution in [-0.4, -0.2) is 96.7 Å². The molecule has 0 radical (unpaired) electrons. The first-order valence-corrected chi connectivity index (χ1v) is 51.4. The van der Waals surface area contributed by atoms with Gasteiger partial charge in [0, 0.05) is 25.7 Å². The van der Waals surface area contributed by atoms with Gasteiger partial charge in [-0.05, 0) is 43.4 Å². The minimum atomic E-state index is -4.97. The van der Waals surface area contributed by atoms with Crippen LogP contribution >= 0.6 is 15.6 Å². The van der Waals surface area contributed by atoms with Gasteiger partial charge in [0.25, 0.3) is 0 Å². The highest BCUT2D eigenvalue weighted by Crippen LogP contribution is 2.45. The number of esters is 4. The van der Waals surface area contributed by atoms with Crippen LogP contribution in [-0.2, 0) is 65.4 Å². The first-order chi connectivity index (χ1) is 54.8. The fourth-order valence-electron chi connectivity index (χ4n) is 14.7. The molecule has 672 valence electrons. The van der Waals surface area contributed by atoms with E-state index in [0.29, 0.717) is 25.7 Å². The van der Waals surface area contributed by atoms with Crippen LogP contribution in [0.15, 0.2) is 0 Å². The third kappa shape index (κ3) is 84.9. The maximum Gasteiger partial charge on any atom is 0.472 e. The fourth-order valence-corrected chi connectivity index (χ4v) is 16.3. The van der Waals surface area contributed by atoms with Crippen molar-refractivity contribution in [1.82, 2.24) is 0 Å². The van der Waals surface area contributed by atoms with Crippen molar-refractivity contribution >= 4 is 39.5 Å². The first-order valence-electron chi connectivity index (χ1n) is 48.4. The van der Waals surface area contributed by atoms with Crippen LogP contribution in [0.25, 0.3) is 0 Å². The van der Waals surface area contributed by atoms with Gasteiger partial charge in [0.15, 0.2) is 12.2 Å². The number of carbonyl (C=O) groups excluding carboxylic acids is 4. The highest BCUT2D eigenvalue weighted by atomic mass is 31.2. The molecule has 0 spiro atoms. The van der Waals surface area contributed by atoms with Gasteiger partial charge in [-0.25, -0.2) is 9.13 Å². The van der Waals surface area contributed by atoms with E-state index in [9.17, 15) is 43.2 Å². The number of hydrogen-bond donors (Lipinski definition) is 3. The maximum absolute atomic E-state index is 13.2. The molecule has 0 aliphatic carbocycles. The molecule has 0 heterocycles. The molecule has 3 N–H and O–H groups in total. The van der Waals surface area contributed by atoms with Crippen LogP contribution in [0, 0.1) is 17.8 Å². The van der Waals surface area contributed by atoms with Crippen molar-refractivity contribution in [3.63, 3.8) is 0 Å². The zero-order chi connectivity index (χ0) is 82.9. The Morgan fingerprint density at radius 3 is 0.673 bits per heavy atom. The zero-order valence-electron chi connectivity index (χ0n) is 74.9. The normalized spacial score (nSPS) is 14.2. The molecule has 7 atom stereocenters. The zero-order valence-corrected chi connectivity index (χ0v) is 76.7. The summed E-state index contributed by atoms with van der Waals surface area (Å²) in [6, 6.07) is 0. The van der Waals surface area contributed by atoms with E-state index in [1.165, 1.54) is 315 Å². The van der Waals surface area contributed by atoms with E-state index in [1.807, 2.05) is 0 Å². The molecule has 0 aromatic heterocycles. The van der Waals surface area contributed by atoms with Gasteiger partial charge in [-0.15, -0.1) is 0 Å². The number of aliphatic hydroxyl groups excluding tert-OH is 1. The summed E-state index contributed by atoms with van der Waals surface area (Å²) in [5.74, 6) is 0.355. The van der Waals surface area contributed by atoms with Crippen molar-refractivity contribution in [2.75, 3.05) is 39.6 Å². The first kappa shape index (κ1) is 111. The quantitative estimate of drug-likeness (QED) is 0.0222. The third-order valence-electron chi connectivity index (χ3n) is 22.9. The molecule has 0 saturated heterocycles. The molecule has 19 heteroatoms. The summed E-state index contributed by atoms with van der Waals surface area (Å²) in [4.78, 5) is 73.5. The SMILES string of the molecule is CCCCCCCCCCCCCCCCCCCCCCCC(=O)OC[C@H](COP(=O)(O)OC[C@@H](O)COP(=O)(O)OC[C@@H](COC(=O)CCCCCCCCCCC(C)CC)OC(=O)CCCCCCCCCCCCCCCCCC(C)C)OC(=O)CCCCCCCCCCCCCCCCCCCCC(C)CC. The Labute approximate surface area is 696 Å². The van der Waals surface area contributed by atoms with Gasteiger partial charge in [-0.2, -0.15) is 0 Å². The second-order valence-corrected chi connectivity index (χ2v) is 37.6. The number of phosphoric ester groups is 2. The molecule has 0 saturated carbocycles. The summed E-state index contributed by atoms with van der Waals surface area (Å²) in [7, 11) is -9.94. The average Bonchev–Trinajstić information content (AvgIpc) is 0.899. The lowest BCUT2D eigenvalue weighted by molar-refractivity contribution is -0.161. The van der Waals surface area contributed by atoms with Gasteiger partial charge in [-0.3, -0.25) is 37.3 Å². The van der Waals surface area contributed by atoms with Crippen molar-refractivity contribution in [2.24, 2.45) is 17.8 Å². The van der Waals surface area contributed by atoms with Gasteiger partial charge < -0.3 is 33.8 Å². The topological polar surface area (TPSA) is 237 Å². The number of aliphatic hydroxyl groups is 1. The van der Waals surface area contributed by atoms with Crippen molar-refractivity contribution in [2.45, 2.75) is 523 Å². The minimum absolute atomic E-state index is 0.108. The summed E-state index contributed by atoms with van der Waals surface area (Å²) in [5.41, 5.74) is 0. The number of rotatable bonds is 92. The van der Waals surface area contributed by atoms with Gasteiger partial charge in [0.1, 0.15) is 19.3 Å². The lowest BCUT2D eigenvalue weighted by atomic mass is 9.99. The molecule has 113 heavy (non-hydrogen) atoms. The molecule has 4 unspecified atom stereocenters. The second-order valence-electron chi connectivity index (χ2n) is 34.7. The Balaban J connectivity index is 5.25. The van der Waals surface area contributed by atoms with Crippen LogP contribution in [0.5, 0.6) is 0 Å². The van der Waals surface area contributed by atoms with Gasteiger partial charge in [0.2, 0.25) is 0 Å². The molecule has 0 aliphatic heterocycles. The molecule has 0 bridgehead atoms. The molecule has 0 aromatic carbocycles. The number of carbonyl (C=O) groups is 4. The summed E-state index contributed by atoms with van der Waals surface area (Å²) in [6.45, 7) is 12.1. The van der Waals surface area contributed by atoms with Crippen LogP contribution in [0.4, 0.5) is 0 Å². The van der Waals surface area contributed by atoms with E-state index in [0.717, 1.165) is 108 Å². The minimum Gasteiger partial charge on any atom is -0.462 e. The van der Waals surface area contributed by atoms with Crippen molar-refractivity contribution in [3.05, 3.63) is 0 Å². The number of unbranched alkanes of at least 4 members (excludes halogenated alkanes) is 58. The van der Waals surface area contributed by atoms with Crippen molar-refractivity contribution in [3.8, 4) is 0 Å². The van der Waals surface area contributed by atoms with E-state index in [4.69, 9.17) is 37.0 Å². The second kappa shape index (κ2) is 83.7. The lowest BCUT2D eigenvalue weighted by Crippen LogP contribution is -2.30. The summed E-state index contributed by atoms with van der Waals surface area (Å²) >= 11 is 0. The Morgan fingerprint density at radius 2 is 0.451 bits per heavy atom. The van der Waals surface area contributed by atoms with Gasteiger partial charge >= 0.3 is 39.5 Å². The van der Waals surface area contributed by atoms with Crippen LogP contribution in [0.2, 0.25) is 0 Å². The lowest BCUT2D eigenvalue weighted by Gasteiger charge is -2.21. The molecule has 0 aliphatic rings. The molecule has 17 nitrogen and oxygen atoms in total. The molecule has 0 amide bonds. The Morgan fingerprint density at radius 1 is 0.257 bits per heavy atom. The van der Waals surface area contributed by atoms with E-state index in [2.05, 4.69) is 48.5 Å². The Hall–Kier alpha value is -1.94. The maximum atomic E-state index is 13.2. The smallest absolute Gasteiger partial charge is 0.462 e. The molecule has 0 rings (SSSR count).